The molecule has 0 bridgehead atoms. The number of aromatic nitrogens is 4. The van der Waals surface area contributed by atoms with Crippen molar-refractivity contribution in [3.63, 3.8) is 0 Å². The predicted molar refractivity (Wildman–Crippen MR) is 207 cm³/mol. The van der Waals surface area contributed by atoms with Gasteiger partial charge in [-0.1, -0.05) is 35.9 Å². The third-order valence-electron chi connectivity index (χ3n) is 10.3. The van der Waals surface area contributed by atoms with Crippen LogP contribution in [0.4, 0.5) is 0 Å². The normalized spacial score (nSPS) is 17.7. The van der Waals surface area contributed by atoms with E-state index in [-0.39, 0.29) is 29.9 Å². The average molecular weight is 757 g/mol. The Labute approximate surface area is 322 Å². The highest BCUT2D eigenvalue weighted by atomic mass is 35.5. The molecule has 5 aromatic rings. The molecule has 1 saturated carbocycles. The van der Waals surface area contributed by atoms with Crippen molar-refractivity contribution in [2.75, 3.05) is 6.61 Å². The van der Waals surface area contributed by atoms with E-state index in [1.54, 1.807) is 22.4 Å². The molecule has 1 aliphatic carbocycles. The molecule has 10 nitrogen and oxygen atoms in total. The number of ether oxygens (including phenoxy) is 1. The summed E-state index contributed by atoms with van der Waals surface area (Å²) < 4.78 is 8.10. The van der Waals surface area contributed by atoms with Gasteiger partial charge in [-0.15, -0.1) is 21.5 Å². The lowest BCUT2D eigenvalue weighted by Gasteiger charge is -2.29. The summed E-state index contributed by atoms with van der Waals surface area (Å²) in [5.41, 5.74) is 7.30. The Morgan fingerprint density at radius 3 is 2.61 bits per heavy atom. The maximum Gasteiger partial charge on any atom is 0.255 e. The van der Waals surface area contributed by atoms with Crippen molar-refractivity contribution in [2.24, 2.45) is 4.99 Å². The molecule has 3 aromatic heterocycles. The van der Waals surface area contributed by atoms with Crippen LogP contribution in [-0.2, 0) is 22.6 Å². The Balaban J connectivity index is 0.905. The number of hydrogen-bond donors (Lipinski definition) is 0. The number of amides is 1. The molecule has 8 rings (SSSR count). The van der Waals surface area contributed by atoms with Gasteiger partial charge in [-0.25, -0.2) is 4.98 Å². The number of ketones is 2. The number of pyridine rings is 1. The van der Waals surface area contributed by atoms with Crippen molar-refractivity contribution in [2.45, 2.75) is 77.9 Å². The van der Waals surface area contributed by atoms with Crippen LogP contribution >= 0.6 is 22.9 Å². The Kier molecular flexibility index (Phi) is 9.73. The SMILES string of the molecule is Cc1c(C#Cc2ccc(OCCCCc3cccc4c3CN(C3CCC(=O)CC3=O)C4=O)cn2)sc2c1C(c1ccc(Cl)cc1)=N[C@@H](C)c1nnc(C)n1-2. The van der Waals surface area contributed by atoms with Gasteiger partial charge < -0.3 is 9.64 Å². The van der Waals surface area contributed by atoms with Gasteiger partial charge in [-0.3, -0.25) is 23.9 Å². The van der Waals surface area contributed by atoms with Gasteiger partial charge in [0.15, 0.2) is 11.6 Å². The molecule has 5 heterocycles. The van der Waals surface area contributed by atoms with E-state index in [1.165, 1.54) is 0 Å². The maximum absolute atomic E-state index is 13.2. The molecule has 0 radical (unpaired) electrons. The van der Waals surface area contributed by atoms with Crippen molar-refractivity contribution in [3.05, 3.63) is 121 Å². The fourth-order valence-electron chi connectivity index (χ4n) is 7.46. The Morgan fingerprint density at radius 2 is 1.83 bits per heavy atom. The molecule has 2 aliphatic heterocycles. The number of fused-ring (bicyclic) bond motifs is 4. The first-order valence-corrected chi connectivity index (χ1v) is 19.3. The number of benzene rings is 2. The number of aliphatic imine (C=N–C) groups is 1. The molecule has 1 unspecified atom stereocenters. The van der Waals surface area contributed by atoms with Crippen LogP contribution < -0.4 is 4.74 Å². The van der Waals surface area contributed by atoms with Gasteiger partial charge >= 0.3 is 0 Å². The molecule has 2 aromatic carbocycles. The van der Waals surface area contributed by atoms with Crippen molar-refractivity contribution >= 4 is 46.1 Å². The molecule has 1 amide bonds. The summed E-state index contributed by atoms with van der Waals surface area (Å²) >= 11 is 7.82. The highest BCUT2D eigenvalue weighted by Crippen LogP contribution is 2.39. The minimum atomic E-state index is -0.508. The van der Waals surface area contributed by atoms with Gasteiger partial charge in [0.25, 0.3) is 5.91 Å². The summed E-state index contributed by atoms with van der Waals surface area (Å²) in [7, 11) is 0. The summed E-state index contributed by atoms with van der Waals surface area (Å²) in [4.78, 5) is 49.7. The first-order valence-electron chi connectivity index (χ1n) is 18.1. The molecule has 0 N–H and O–H groups in total. The number of carbonyl (C=O) groups is 3. The number of nitrogens with zero attached hydrogens (tertiary/aromatic N) is 6. The number of halogens is 1. The molecule has 3 aliphatic rings. The zero-order chi connectivity index (χ0) is 37.5. The molecular weight excluding hydrogens is 720 g/mol. The molecule has 12 heteroatoms. The molecule has 0 saturated heterocycles. The molecule has 54 heavy (non-hydrogen) atoms. The van der Waals surface area contributed by atoms with Crippen molar-refractivity contribution in [1.29, 1.82) is 0 Å². The highest BCUT2D eigenvalue weighted by molar-refractivity contribution is 7.15. The summed E-state index contributed by atoms with van der Waals surface area (Å²) in [6.45, 7) is 7.00. The number of rotatable bonds is 8. The Morgan fingerprint density at radius 1 is 1.00 bits per heavy atom. The lowest BCUT2D eigenvalue weighted by molar-refractivity contribution is -0.133. The van der Waals surface area contributed by atoms with Gasteiger partial charge in [-0.05, 0) is 105 Å². The molecule has 1 fully saturated rings. The van der Waals surface area contributed by atoms with Crippen LogP contribution in [0.2, 0.25) is 5.02 Å². The van der Waals surface area contributed by atoms with Gasteiger partial charge in [0.05, 0.1) is 35.9 Å². The smallest absolute Gasteiger partial charge is 0.255 e. The summed E-state index contributed by atoms with van der Waals surface area (Å²) in [6, 6.07) is 16.6. The quantitative estimate of drug-likeness (QED) is 0.0923. The lowest BCUT2D eigenvalue weighted by atomic mass is 9.92. The third kappa shape index (κ3) is 6.76. The van der Waals surface area contributed by atoms with E-state index < -0.39 is 6.04 Å². The van der Waals surface area contributed by atoms with E-state index in [1.807, 2.05) is 62.4 Å². The van der Waals surface area contributed by atoms with Gasteiger partial charge in [0, 0.05) is 34.7 Å². The van der Waals surface area contributed by atoms with E-state index in [2.05, 4.69) is 44.6 Å². The average Bonchev–Trinajstić information content (AvgIpc) is 3.79. The lowest BCUT2D eigenvalue weighted by Crippen LogP contribution is -2.44. The minimum Gasteiger partial charge on any atom is -0.492 e. The van der Waals surface area contributed by atoms with Gasteiger partial charge in [0.1, 0.15) is 34.1 Å². The standard InChI is InChI=1S/C42H37ClN6O4S/c1-24-37(54-42-38(24)39(28-10-12-29(43)13-11-28)45-25(2)40-47-46-26(3)49(40)42)19-15-30-14-17-32(22-44-30)53-20-5-4-7-27-8-6-9-33-34(27)23-48(41(33)52)35-18-16-31(50)21-36(35)51/h6,8-14,17,22,25,35H,4-5,7,16,18,20-21,23H2,1-3H3/t25-,35?/m0/s1. The molecule has 0 spiro atoms. The van der Waals surface area contributed by atoms with E-state index in [0.717, 1.165) is 74.3 Å². The summed E-state index contributed by atoms with van der Waals surface area (Å²) in [5, 5.41) is 10.5. The number of Topliss-reactive ketones (excluding diaryl/α,β-unsaturated/α-hetero) is 2. The van der Waals surface area contributed by atoms with E-state index in [4.69, 9.17) is 21.3 Å². The van der Waals surface area contributed by atoms with Crippen LogP contribution in [-0.4, -0.2) is 60.5 Å². The second-order valence-corrected chi connectivity index (χ2v) is 15.3. The number of unbranched alkanes of at least 4 members (excludes halogenated alkanes) is 1. The van der Waals surface area contributed by atoms with E-state index in [0.29, 0.717) is 48.0 Å². The van der Waals surface area contributed by atoms with Crippen molar-refractivity contribution in [3.8, 4) is 22.6 Å². The number of carbonyl (C=O) groups excluding carboxylic acids is 3. The highest BCUT2D eigenvalue weighted by Gasteiger charge is 2.39. The van der Waals surface area contributed by atoms with Gasteiger partial charge in [0.2, 0.25) is 0 Å². The van der Waals surface area contributed by atoms with Crippen molar-refractivity contribution < 1.29 is 19.1 Å². The van der Waals surface area contributed by atoms with Crippen molar-refractivity contribution in [1.82, 2.24) is 24.6 Å². The topological polar surface area (TPSA) is 120 Å². The number of thiophene rings is 1. The fourth-order valence-corrected chi connectivity index (χ4v) is 8.80. The van der Waals surface area contributed by atoms with Gasteiger partial charge in [-0.2, -0.15) is 0 Å². The largest absolute Gasteiger partial charge is 0.492 e. The second kappa shape index (κ2) is 14.8. The van der Waals surface area contributed by atoms with E-state index in [9.17, 15) is 14.4 Å². The third-order valence-corrected chi connectivity index (χ3v) is 11.7. The summed E-state index contributed by atoms with van der Waals surface area (Å²) in [6.07, 6.45) is 4.88. The van der Waals surface area contributed by atoms with Crippen LogP contribution in [0.25, 0.3) is 5.00 Å². The molecular formula is C42H37ClN6O4S. The first kappa shape index (κ1) is 35.6. The number of hydrogen-bond acceptors (Lipinski definition) is 9. The van der Waals surface area contributed by atoms with Crippen LogP contribution in [0.5, 0.6) is 5.75 Å². The van der Waals surface area contributed by atoms with Crippen LogP contribution in [0, 0.1) is 25.7 Å². The monoisotopic (exact) mass is 756 g/mol. The first-order chi connectivity index (χ1) is 26.2. The Hall–Kier alpha value is -5.44. The minimum absolute atomic E-state index is 0.0412. The zero-order valence-corrected chi connectivity index (χ0v) is 31.8. The predicted octanol–water partition coefficient (Wildman–Crippen LogP) is 7.35. The zero-order valence-electron chi connectivity index (χ0n) is 30.2. The molecule has 272 valence electrons. The van der Waals surface area contributed by atoms with Crippen LogP contribution in [0.1, 0.15) is 105 Å². The van der Waals surface area contributed by atoms with Crippen LogP contribution in [0.3, 0.4) is 0 Å². The summed E-state index contributed by atoms with van der Waals surface area (Å²) in [5.74, 6) is 8.55. The maximum atomic E-state index is 13.2. The van der Waals surface area contributed by atoms with Crippen LogP contribution in [0.15, 0.2) is 65.8 Å². The Bertz CT molecular complexity index is 2400. The molecule has 2 atom stereocenters. The second-order valence-electron chi connectivity index (χ2n) is 13.9. The fraction of sp³-hybridized carbons (Fsp3) is 0.310. The number of aryl methyl sites for hydroxylation is 2. The van der Waals surface area contributed by atoms with E-state index >= 15 is 0 Å².